The summed E-state index contributed by atoms with van der Waals surface area (Å²) in [6, 6.07) is 63.1. The second kappa shape index (κ2) is 11.2. The van der Waals surface area contributed by atoms with Crippen LogP contribution in [0.2, 0.25) is 0 Å². The van der Waals surface area contributed by atoms with Crippen molar-refractivity contribution in [3.63, 3.8) is 0 Å². The van der Waals surface area contributed by atoms with Gasteiger partial charge in [-0.1, -0.05) is 115 Å². The molecule has 0 unspecified atom stereocenters. The van der Waals surface area contributed by atoms with E-state index in [0.717, 1.165) is 44.4 Å². The highest BCUT2D eigenvalue weighted by molar-refractivity contribution is 7.25. The molecule has 0 N–H and O–H groups in total. The predicted molar refractivity (Wildman–Crippen MR) is 210 cm³/mol. The molecule has 2 aromatic heterocycles. The first-order valence-corrected chi connectivity index (χ1v) is 17.4. The fraction of sp³-hybridized carbons (Fsp3) is 0. The van der Waals surface area contributed by atoms with Crippen LogP contribution in [0.4, 0.5) is 17.1 Å². The molecule has 2 heterocycles. The van der Waals surface area contributed by atoms with Crippen LogP contribution in [0.1, 0.15) is 0 Å². The molecule has 10 aromatic rings. The molecule has 0 aliphatic heterocycles. The average Bonchev–Trinajstić information content (AvgIpc) is 3.74. The Labute approximate surface area is 287 Å². The van der Waals surface area contributed by atoms with Crippen molar-refractivity contribution in [2.24, 2.45) is 0 Å². The standard InChI is InChI=1S/C46H29NOS/c1-3-12-30(13-4-1)31-22-25-34(26-23-31)47(33-14-5-2-6-15-33)41-19-11-20-42-45(41)40-29-38(35-16-7-8-18-37(35)46(40)48-42)32-24-27-44-39(28-32)36-17-9-10-21-43(36)49-44/h1-29H. The third kappa shape index (κ3) is 4.55. The van der Waals surface area contributed by atoms with E-state index in [4.69, 9.17) is 4.42 Å². The third-order valence-electron chi connectivity index (χ3n) is 9.66. The molecule has 0 saturated heterocycles. The van der Waals surface area contributed by atoms with Gasteiger partial charge < -0.3 is 9.32 Å². The van der Waals surface area contributed by atoms with E-state index >= 15 is 0 Å². The summed E-state index contributed by atoms with van der Waals surface area (Å²) in [5.74, 6) is 0. The quantitative estimate of drug-likeness (QED) is 0.186. The minimum Gasteiger partial charge on any atom is -0.455 e. The van der Waals surface area contributed by atoms with Crippen molar-refractivity contribution in [3.8, 4) is 22.3 Å². The van der Waals surface area contributed by atoms with Gasteiger partial charge in [-0.05, 0) is 88.3 Å². The molecule has 0 bridgehead atoms. The van der Waals surface area contributed by atoms with Gasteiger partial charge in [0.15, 0.2) is 0 Å². The smallest absolute Gasteiger partial charge is 0.143 e. The zero-order chi connectivity index (χ0) is 32.3. The highest BCUT2D eigenvalue weighted by Gasteiger charge is 2.22. The zero-order valence-electron chi connectivity index (χ0n) is 26.5. The van der Waals surface area contributed by atoms with Gasteiger partial charge in [0.25, 0.3) is 0 Å². The molecule has 2 nitrogen and oxygen atoms in total. The van der Waals surface area contributed by atoms with E-state index < -0.39 is 0 Å². The van der Waals surface area contributed by atoms with Gasteiger partial charge in [0.2, 0.25) is 0 Å². The summed E-state index contributed by atoms with van der Waals surface area (Å²) in [5.41, 5.74) is 9.85. The summed E-state index contributed by atoms with van der Waals surface area (Å²) in [4.78, 5) is 2.35. The Morgan fingerprint density at radius 3 is 1.86 bits per heavy atom. The second-order valence-corrected chi connectivity index (χ2v) is 13.6. The number of furan rings is 1. The van der Waals surface area contributed by atoms with E-state index in [1.54, 1.807) is 0 Å². The lowest BCUT2D eigenvalue weighted by atomic mass is 9.94. The van der Waals surface area contributed by atoms with Crippen LogP contribution in [0.15, 0.2) is 180 Å². The first kappa shape index (κ1) is 27.9. The molecule has 0 atom stereocenters. The molecule has 230 valence electrons. The number of hydrogen-bond acceptors (Lipinski definition) is 3. The third-order valence-corrected chi connectivity index (χ3v) is 10.8. The zero-order valence-corrected chi connectivity index (χ0v) is 27.3. The van der Waals surface area contributed by atoms with Gasteiger partial charge in [-0.25, -0.2) is 0 Å². The molecule has 3 heteroatoms. The average molecular weight is 644 g/mol. The maximum absolute atomic E-state index is 6.79. The van der Waals surface area contributed by atoms with E-state index in [-0.39, 0.29) is 0 Å². The van der Waals surface area contributed by atoms with Gasteiger partial charge in [0.1, 0.15) is 11.2 Å². The predicted octanol–water partition coefficient (Wildman–Crippen LogP) is 13.9. The van der Waals surface area contributed by atoms with Gasteiger partial charge in [-0.2, -0.15) is 0 Å². The minimum absolute atomic E-state index is 0.871. The fourth-order valence-electron chi connectivity index (χ4n) is 7.39. The molecule has 0 amide bonds. The first-order chi connectivity index (χ1) is 24.3. The molecule has 0 fully saturated rings. The van der Waals surface area contributed by atoms with E-state index in [0.29, 0.717) is 0 Å². The summed E-state index contributed by atoms with van der Waals surface area (Å²) in [5, 5.41) is 7.12. The Morgan fingerprint density at radius 2 is 1.04 bits per heavy atom. The van der Waals surface area contributed by atoms with Crippen molar-refractivity contribution in [3.05, 3.63) is 176 Å². The topological polar surface area (TPSA) is 16.4 Å². The van der Waals surface area contributed by atoms with Crippen LogP contribution in [-0.4, -0.2) is 0 Å². The molecule has 0 aliphatic carbocycles. The number of fused-ring (bicyclic) bond motifs is 8. The molecule has 0 spiro atoms. The number of thiophene rings is 1. The lowest BCUT2D eigenvalue weighted by Crippen LogP contribution is -2.10. The van der Waals surface area contributed by atoms with Crippen LogP contribution in [-0.2, 0) is 0 Å². The Bertz CT molecular complexity index is 2810. The number of rotatable bonds is 5. The van der Waals surface area contributed by atoms with Crippen LogP contribution in [0, 0.1) is 0 Å². The molecular formula is C46H29NOS. The van der Waals surface area contributed by atoms with Crippen molar-refractivity contribution in [2.75, 3.05) is 4.90 Å². The largest absolute Gasteiger partial charge is 0.455 e. The fourth-order valence-corrected chi connectivity index (χ4v) is 8.47. The summed E-state index contributed by atoms with van der Waals surface area (Å²) < 4.78 is 9.41. The molecule has 10 rings (SSSR count). The highest BCUT2D eigenvalue weighted by Crippen LogP contribution is 2.47. The Morgan fingerprint density at radius 1 is 0.408 bits per heavy atom. The van der Waals surface area contributed by atoms with Crippen LogP contribution in [0.5, 0.6) is 0 Å². The molecule has 8 aromatic carbocycles. The highest BCUT2D eigenvalue weighted by atomic mass is 32.1. The minimum atomic E-state index is 0.871. The lowest BCUT2D eigenvalue weighted by Gasteiger charge is -2.26. The van der Waals surface area contributed by atoms with Gasteiger partial charge in [-0.15, -0.1) is 11.3 Å². The van der Waals surface area contributed by atoms with Gasteiger partial charge in [0.05, 0.1) is 11.1 Å². The number of anilines is 3. The monoisotopic (exact) mass is 643 g/mol. The van der Waals surface area contributed by atoms with Crippen LogP contribution < -0.4 is 4.90 Å². The maximum atomic E-state index is 6.79. The van der Waals surface area contributed by atoms with Crippen LogP contribution in [0.25, 0.3) is 75.1 Å². The van der Waals surface area contributed by atoms with Gasteiger partial charge >= 0.3 is 0 Å². The van der Waals surface area contributed by atoms with Crippen molar-refractivity contribution < 1.29 is 4.42 Å². The Balaban J connectivity index is 1.22. The molecule has 0 radical (unpaired) electrons. The number of benzene rings is 8. The van der Waals surface area contributed by atoms with Crippen LogP contribution >= 0.6 is 11.3 Å². The van der Waals surface area contributed by atoms with Crippen molar-refractivity contribution in [2.45, 2.75) is 0 Å². The lowest BCUT2D eigenvalue weighted by molar-refractivity contribution is 0.672. The first-order valence-electron chi connectivity index (χ1n) is 16.6. The second-order valence-electron chi connectivity index (χ2n) is 12.5. The summed E-state index contributed by atoms with van der Waals surface area (Å²) in [6.45, 7) is 0. The Kier molecular flexibility index (Phi) is 6.39. The number of nitrogens with zero attached hydrogens (tertiary/aromatic N) is 1. The summed E-state index contributed by atoms with van der Waals surface area (Å²) in [6.07, 6.45) is 0. The summed E-state index contributed by atoms with van der Waals surface area (Å²) >= 11 is 1.85. The van der Waals surface area contributed by atoms with Crippen LogP contribution in [0.3, 0.4) is 0 Å². The summed E-state index contributed by atoms with van der Waals surface area (Å²) in [7, 11) is 0. The van der Waals surface area contributed by atoms with Crippen molar-refractivity contribution in [1.29, 1.82) is 0 Å². The molecular weight excluding hydrogens is 615 g/mol. The SMILES string of the molecule is c1ccc(-c2ccc(N(c3ccccc3)c3cccc4oc5c6ccccc6c(-c6ccc7sc8ccccc8c7c6)cc5c34)cc2)cc1. The van der Waals surface area contributed by atoms with E-state index in [1.807, 2.05) is 11.3 Å². The molecule has 49 heavy (non-hydrogen) atoms. The molecule has 0 saturated carbocycles. The van der Waals surface area contributed by atoms with E-state index in [2.05, 4.69) is 181 Å². The van der Waals surface area contributed by atoms with Crippen molar-refractivity contribution >= 4 is 81.3 Å². The normalized spacial score (nSPS) is 11.7. The van der Waals surface area contributed by atoms with Crippen molar-refractivity contribution in [1.82, 2.24) is 0 Å². The Hall–Kier alpha value is -6.16. The number of hydrogen-bond donors (Lipinski definition) is 0. The maximum Gasteiger partial charge on any atom is 0.143 e. The van der Waals surface area contributed by atoms with Gasteiger partial charge in [-0.3, -0.25) is 0 Å². The molecule has 0 aliphatic rings. The van der Waals surface area contributed by atoms with E-state index in [9.17, 15) is 0 Å². The number of para-hydroxylation sites is 1. The van der Waals surface area contributed by atoms with Gasteiger partial charge in [0, 0.05) is 42.3 Å². The van der Waals surface area contributed by atoms with E-state index in [1.165, 1.54) is 47.8 Å².